The molecule has 0 spiro atoms. The average Bonchev–Trinajstić information content (AvgIpc) is 3.32. The van der Waals surface area contributed by atoms with E-state index in [-0.39, 0.29) is 17.3 Å². The molecule has 2 saturated heterocycles. The van der Waals surface area contributed by atoms with Crippen LogP contribution >= 0.6 is 0 Å². The molecule has 2 aliphatic rings. The standard InChI is InChI=1S/C26H28FN3O5/c27-22-4-2-1-3-21(22)26(11-13-33-14-12-26)10-9-23-28-24(29-35-23)19-7-5-18(6-8-19)15-30-16-20(17-30)34-25(31)32/h1-8,20H,9-17H2,(H,31,32). The molecule has 0 atom stereocenters. The first-order valence-electron chi connectivity index (χ1n) is 11.9. The van der Waals surface area contributed by atoms with Crippen LogP contribution in [0.25, 0.3) is 11.4 Å². The number of halogens is 1. The Bertz CT molecular complexity index is 1150. The lowest BCUT2D eigenvalue weighted by atomic mass is 9.71. The van der Waals surface area contributed by atoms with Crippen molar-refractivity contribution in [2.75, 3.05) is 26.3 Å². The summed E-state index contributed by atoms with van der Waals surface area (Å²) in [6.07, 6.45) is 1.32. The molecule has 9 heteroatoms. The van der Waals surface area contributed by atoms with E-state index in [4.69, 9.17) is 19.1 Å². The number of rotatable bonds is 8. The lowest BCUT2D eigenvalue weighted by molar-refractivity contribution is -0.0363. The fraction of sp³-hybridized carbons (Fsp3) is 0.423. The highest BCUT2D eigenvalue weighted by Gasteiger charge is 2.36. The maximum absolute atomic E-state index is 14.7. The number of hydrogen-bond acceptors (Lipinski definition) is 7. The van der Waals surface area contributed by atoms with Crippen molar-refractivity contribution in [2.24, 2.45) is 0 Å². The van der Waals surface area contributed by atoms with E-state index in [2.05, 4.69) is 15.0 Å². The zero-order valence-electron chi connectivity index (χ0n) is 19.4. The van der Waals surface area contributed by atoms with E-state index in [0.29, 0.717) is 50.9 Å². The van der Waals surface area contributed by atoms with Crippen LogP contribution in [0.3, 0.4) is 0 Å². The van der Waals surface area contributed by atoms with Crippen LogP contribution in [0.1, 0.15) is 36.3 Å². The predicted molar refractivity (Wildman–Crippen MR) is 124 cm³/mol. The summed E-state index contributed by atoms with van der Waals surface area (Å²) >= 11 is 0. The summed E-state index contributed by atoms with van der Waals surface area (Å²) in [7, 11) is 0. The Balaban J connectivity index is 1.20. The third kappa shape index (κ3) is 5.36. The molecule has 0 bridgehead atoms. The minimum atomic E-state index is -1.23. The van der Waals surface area contributed by atoms with Crippen molar-refractivity contribution in [3.8, 4) is 11.4 Å². The first kappa shape index (κ1) is 23.4. The summed E-state index contributed by atoms with van der Waals surface area (Å²) in [5.41, 5.74) is 2.40. The molecule has 184 valence electrons. The normalized spacial score (nSPS) is 18.2. The van der Waals surface area contributed by atoms with Crippen molar-refractivity contribution in [1.29, 1.82) is 0 Å². The van der Waals surface area contributed by atoms with Gasteiger partial charge in [-0.25, -0.2) is 9.18 Å². The van der Waals surface area contributed by atoms with Gasteiger partial charge in [0.05, 0.1) is 0 Å². The van der Waals surface area contributed by atoms with E-state index in [1.807, 2.05) is 36.4 Å². The Kier molecular flexibility index (Phi) is 6.79. The molecule has 5 rings (SSSR count). The van der Waals surface area contributed by atoms with E-state index in [0.717, 1.165) is 36.1 Å². The molecule has 0 amide bonds. The van der Waals surface area contributed by atoms with Gasteiger partial charge in [0.25, 0.3) is 0 Å². The zero-order valence-corrected chi connectivity index (χ0v) is 19.4. The molecule has 2 fully saturated rings. The monoisotopic (exact) mass is 481 g/mol. The number of nitrogens with zero attached hydrogens (tertiary/aromatic N) is 3. The summed E-state index contributed by atoms with van der Waals surface area (Å²) in [4.78, 5) is 17.3. The molecule has 3 heterocycles. The van der Waals surface area contributed by atoms with Crippen LogP contribution in [0, 0.1) is 5.82 Å². The molecular weight excluding hydrogens is 453 g/mol. The van der Waals surface area contributed by atoms with Crippen molar-refractivity contribution in [3.63, 3.8) is 0 Å². The summed E-state index contributed by atoms with van der Waals surface area (Å²) < 4.78 is 30.5. The van der Waals surface area contributed by atoms with Gasteiger partial charge in [-0.15, -0.1) is 0 Å². The molecule has 1 aromatic heterocycles. The first-order chi connectivity index (χ1) is 17.0. The third-order valence-electron chi connectivity index (χ3n) is 6.99. The second-order valence-corrected chi connectivity index (χ2v) is 9.28. The van der Waals surface area contributed by atoms with Crippen LogP contribution in [0.5, 0.6) is 0 Å². The molecule has 2 aliphatic heterocycles. The number of likely N-dealkylation sites (tertiary alicyclic amines) is 1. The predicted octanol–water partition coefficient (Wildman–Crippen LogP) is 4.44. The smallest absolute Gasteiger partial charge is 0.450 e. The van der Waals surface area contributed by atoms with Crippen LogP contribution in [-0.4, -0.2) is 58.7 Å². The first-order valence-corrected chi connectivity index (χ1v) is 11.9. The van der Waals surface area contributed by atoms with Gasteiger partial charge in [-0.1, -0.05) is 47.6 Å². The highest BCUT2D eigenvalue weighted by Crippen LogP contribution is 2.40. The van der Waals surface area contributed by atoms with E-state index in [1.165, 1.54) is 6.07 Å². The largest absolute Gasteiger partial charge is 0.506 e. The summed E-state index contributed by atoms with van der Waals surface area (Å²) in [6.45, 7) is 3.14. The Hall–Kier alpha value is -3.30. The van der Waals surface area contributed by atoms with Crippen molar-refractivity contribution in [2.45, 2.75) is 43.7 Å². The quantitative estimate of drug-likeness (QED) is 0.472. The molecule has 0 aliphatic carbocycles. The van der Waals surface area contributed by atoms with Gasteiger partial charge in [0.2, 0.25) is 11.7 Å². The zero-order chi connectivity index (χ0) is 24.3. The number of aromatic nitrogens is 2. The number of aryl methyl sites for hydroxylation is 1. The number of ether oxygens (including phenoxy) is 2. The van der Waals surface area contributed by atoms with Gasteiger partial charge in [-0.3, -0.25) is 4.90 Å². The molecule has 3 aromatic rings. The summed E-state index contributed by atoms with van der Waals surface area (Å²) in [6, 6.07) is 14.9. The molecule has 1 N–H and O–H groups in total. The van der Waals surface area contributed by atoms with Crippen molar-refractivity contribution in [3.05, 3.63) is 71.4 Å². The van der Waals surface area contributed by atoms with Crippen LogP contribution in [0.2, 0.25) is 0 Å². The van der Waals surface area contributed by atoms with Crippen molar-refractivity contribution < 1.29 is 28.3 Å². The Morgan fingerprint density at radius 2 is 1.89 bits per heavy atom. The highest BCUT2D eigenvalue weighted by molar-refractivity contribution is 5.57. The van der Waals surface area contributed by atoms with Gasteiger partial charge in [0.1, 0.15) is 11.9 Å². The fourth-order valence-corrected chi connectivity index (χ4v) is 5.01. The van der Waals surface area contributed by atoms with Crippen LogP contribution in [0.4, 0.5) is 9.18 Å². The Morgan fingerprint density at radius 3 is 2.60 bits per heavy atom. The lowest BCUT2D eigenvalue weighted by Gasteiger charge is -2.37. The van der Waals surface area contributed by atoms with Gasteiger partial charge in [0.15, 0.2) is 0 Å². The number of hydrogen-bond donors (Lipinski definition) is 1. The minimum Gasteiger partial charge on any atom is -0.450 e. The second kappa shape index (κ2) is 10.1. The summed E-state index contributed by atoms with van der Waals surface area (Å²) in [5.74, 6) is 0.887. The number of carbonyl (C=O) groups is 1. The van der Waals surface area contributed by atoms with Gasteiger partial charge >= 0.3 is 6.16 Å². The molecule has 8 nitrogen and oxygen atoms in total. The Labute approximate surface area is 202 Å². The lowest BCUT2D eigenvalue weighted by Crippen LogP contribution is -2.52. The number of carboxylic acid groups (broad SMARTS) is 1. The maximum atomic E-state index is 14.7. The minimum absolute atomic E-state index is 0.177. The average molecular weight is 482 g/mol. The second-order valence-electron chi connectivity index (χ2n) is 9.28. The van der Waals surface area contributed by atoms with E-state index < -0.39 is 6.16 Å². The van der Waals surface area contributed by atoms with Crippen LogP contribution in [0.15, 0.2) is 53.1 Å². The molecular formula is C26H28FN3O5. The number of benzene rings is 2. The molecule has 0 radical (unpaired) electrons. The molecule has 2 aromatic carbocycles. The molecule has 35 heavy (non-hydrogen) atoms. The van der Waals surface area contributed by atoms with E-state index in [9.17, 15) is 9.18 Å². The van der Waals surface area contributed by atoms with Gasteiger partial charge in [0, 0.05) is 50.2 Å². The van der Waals surface area contributed by atoms with E-state index in [1.54, 1.807) is 6.07 Å². The van der Waals surface area contributed by atoms with Gasteiger partial charge in [-0.2, -0.15) is 4.98 Å². The Morgan fingerprint density at radius 1 is 1.14 bits per heavy atom. The molecule has 0 saturated carbocycles. The fourth-order valence-electron chi connectivity index (χ4n) is 5.01. The maximum Gasteiger partial charge on any atom is 0.506 e. The van der Waals surface area contributed by atoms with Gasteiger partial charge < -0.3 is 19.1 Å². The third-order valence-corrected chi connectivity index (χ3v) is 6.99. The summed E-state index contributed by atoms with van der Waals surface area (Å²) in [5, 5.41) is 12.8. The topological polar surface area (TPSA) is 97.9 Å². The van der Waals surface area contributed by atoms with Crippen LogP contribution < -0.4 is 0 Å². The van der Waals surface area contributed by atoms with Crippen molar-refractivity contribution in [1.82, 2.24) is 15.0 Å². The van der Waals surface area contributed by atoms with E-state index >= 15 is 0 Å². The van der Waals surface area contributed by atoms with Gasteiger partial charge in [-0.05, 0) is 36.5 Å². The highest BCUT2D eigenvalue weighted by atomic mass is 19.1. The van der Waals surface area contributed by atoms with Crippen molar-refractivity contribution >= 4 is 6.16 Å². The molecule has 0 unspecified atom stereocenters. The SMILES string of the molecule is O=C(O)OC1CN(Cc2ccc(-c3noc(CCC4(c5ccccc5F)CCOCC4)n3)cc2)C1. The van der Waals surface area contributed by atoms with Crippen LogP contribution in [-0.2, 0) is 27.9 Å².